The molecule has 0 spiro atoms. The molecule has 0 radical (unpaired) electrons. The molecule has 5 rings (SSSR count). The highest BCUT2D eigenvalue weighted by Gasteiger charge is 2.22. The number of phenols is 1. The smallest absolute Gasteiger partial charge is 0.194 e. The van der Waals surface area contributed by atoms with Crippen LogP contribution in [0, 0.1) is 5.92 Å². The fourth-order valence-corrected chi connectivity index (χ4v) is 5.70. The van der Waals surface area contributed by atoms with Gasteiger partial charge in [-0.25, -0.2) is 8.42 Å². The Morgan fingerprint density at radius 3 is 2.44 bits per heavy atom. The Hall–Kier alpha value is -3.75. The highest BCUT2D eigenvalue weighted by molar-refractivity contribution is 7.90. The Kier molecular flexibility index (Phi) is 7.68. The number of carbonyl (C=O) groups excluding carboxylic acids is 1. The van der Waals surface area contributed by atoms with E-state index in [4.69, 9.17) is 4.74 Å². The molecule has 202 valence electrons. The molecule has 1 heterocycles. The van der Waals surface area contributed by atoms with Gasteiger partial charge in [0.15, 0.2) is 15.6 Å². The van der Waals surface area contributed by atoms with Gasteiger partial charge in [-0.1, -0.05) is 24.3 Å². The van der Waals surface area contributed by atoms with E-state index in [0.717, 1.165) is 32.3 Å². The van der Waals surface area contributed by atoms with Crippen molar-refractivity contribution >= 4 is 26.4 Å². The third-order valence-electron chi connectivity index (χ3n) is 7.20. The molecule has 1 aliphatic heterocycles. The fourth-order valence-electron chi connectivity index (χ4n) is 5.07. The Morgan fingerprint density at radius 1 is 1.03 bits per heavy atom. The number of likely N-dealkylation sites (tertiary alicyclic amines) is 1. The second-order valence-electron chi connectivity index (χ2n) is 10.0. The molecule has 0 amide bonds. The summed E-state index contributed by atoms with van der Waals surface area (Å²) in [7, 11) is -3.35. The number of nitrogens with zero attached hydrogens (tertiary/aromatic N) is 1. The standard InChI is InChI=1S/C31H30FNO5S/c1-39(36,37)27-10-4-22(5-11-27)28-12-6-24-18-25(34)7-13-29(24)30(28)31(35)23-2-8-26(9-3-23)38-17-16-33-15-14-21(19-32)20-33/h2-13,18,21,34H,14-17,19-20H2,1H3/t21-/m0/s1. The molecule has 39 heavy (non-hydrogen) atoms. The number of aromatic hydroxyl groups is 1. The van der Waals surface area contributed by atoms with Gasteiger partial charge < -0.3 is 9.84 Å². The summed E-state index contributed by atoms with van der Waals surface area (Å²) >= 11 is 0. The summed E-state index contributed by atoms with van der Waals surface area (Å²) in [4.78, 5) is 16.3. The summed E-state index contributed by atoms with van der Waals surface area (Å²) < 4.78 is 42.6. The minimum absolute atomic E-state index is 0.0989. The van der Waals surface area contributed by atoms with E-state index in [2.05, 4.69) is 4.90 Å². The zero-order valence-electron chi connectivity index (χ0n) is 21.6. The first kappa shape index (κ1) is 26.8. The largest absolute Gasteiger partial charge is 0.508 e. The van der Waals surface area contributed by atoms with Crippen LogP contribution in [0.5, 0.6) is 11.5 Å². The Balaban J connectivity index is 1.41. The van der Waals surface area contributed by atoms with Crippen molar-refractivity contribution in [3.63, 3.8) is 0 Å². The lowest BCUT2D eigenvalue weighted by Gasteiger charge is -2.16. The van der Waals surface area contributed by atoms with Crippen LogP contribution in [0.2, 0.25) is 0 Å². The molecule has 1 atom stereocenters. The van der Waals surface area contributed by atoms with Gasteiger partial charge in [0.25, 0.3) is 0 Å². The van der Waals surface area contributed by atoms with Gasteiger partial charge in [0, 0.05) is 36.4 Å². The number of carbonyl (C=O) groups is 1. The van der Waals surface area contributed by atoms with Crippen LogP contribution in [0.15, 0.2) is 83.8 Å². The molecular formula is C31H30FNO5S. The molecule has 0 saturated carbocycles. The van der Waals surface area contributed by atoms with Crippen LogP contribution in [0.4, 0.5) is 4.39 Å². The van der Waals surface area contributed by atoms with Gasteiger partial charge in [-0.15, -0.1) is 0 Å². The van der Waals surface area contributed by atoms with E-state index in [1.807, 2.05) is 12.1 Å². The zero-order chi connectivity index (χ0) is 27.6. The van der Waals surface area contributed by atoms with Crippen LogP contribution in [0.1, 0.15) is 22.3 Å². The summed E-state index contributed by atoms with van der Waals surface area (Å²) in [5, 5.41) is 11.4. The summed E-state index contributed by atoms with van der Waals surface area (Å²) in [6.45, 7) is 2.57. The molecule has 0 aliphatic carbocycles. The van der Waals surface area contributed by atoms with E-state index in [0.29, 0.717) is 45.4 Å². The van der Waals surface area contributed by atoms with Crippen molar-refractivity contribution in [3.05, 3.63) is 90.0 Å². The zero-order valence-corrected chi connectivity index (χ0v) is 22.5. The number of alkyl halides is 1. The molecule has 1 fully saturated rings. The predicted octanol–water partition coefficient (Wildman–Crippen LogP) is 5.52. The van der Waals surface area contributed by atoms with Gasteiger partial charge in [-0.3, -0.25) is 14.1 Å². The lowest BCUT2D eigenvalue weighted by atomic mass is 9.89. The number of hydrogen-bond donors (Lipinski definition) is 1. The second kappa shape index (κ2) is 11.2. The van der Waals surface area contributed by atoms with Crippen molar-refractivity contribution in [2.24, 2.45) is 5.92 Å². The van der Waals surface area contributed by atoms with Crippen molar-refractivity contribution in [1.82, 2.24) is 4.90 Å². The van der Waals surface area contributed by atoms with Crippen molar-refractivity contribution in [2.45, 2.75) is 11.3 Å². The molecule has 0 unspecified atom stereocenters. The molecule has 1 N–H and O–H groups in total. The van der Waals surface area contributed by atoms with Crippen molar-refractivity contribution in [3.8, 4) is 22.6 Å². The molecule has 8 heteroatoms. The third kappa shape index (κ3) is 5.97. The van der Waals surface area contributed by atoms with Gasteiger partial charge >= 0.3 is 0 Å². The lowest BCUT2D eigenvalue weighted by molar-refractivity contribution is 0.104. The maximum atomic E-state index is 13.9. The number of benzene rings is 4. The topological polar surface area (TPSA) is 83.9 Å². The van der Waals surface area contributed by atoms with E-state index in [1.54, 1.807) is 54.6 Å². The molecule has 4 aromatic rings. The van der Waals surface area contributed by atoms with E-state index in [1.165, 1.54) is 12.1 Å². The normalized spacial score (nSPS) is 16.0. The highest BCUT2D eigenvalue weighted by Crippen LogP contribution is 2.34. The Morgan fingerprint density at radius 2 is 1.77 bits per heavy atom. The molecule has 1 saturated heterocycles. The van der Waals surface area contributed by atoms with Gasteiger partial charge in [0.1, 0.15) is 18.1 Å². The number of ketones is 1. The van der Waals surface area contributed by atoms with Gasteiger partial charge in [-0.05, 0) is 89.5 Å². The van der Waals surface area contributed by atoms with Crippen LogP contribution in [-0.2, 0) is 9.84 Å². The first-order valence-corrected chi connectivity index (χ1v) is 14.7. The Labute approximate surface area is 227 Å². The molecule has 0 aromatic heterocycles. The highest BCUT2D eigenvalue weighted by atomic mass is 32.2. The van der Waals surface area contributed by atoms with E-state index < -0.39 is 9.84 Å². The van der Waals surface area contributed by atoms with E-state index >= 15 is 0 Å². The number of rotatable bonds is 9. The minimum Gasteiger partial charge on any atom is -0.508 e. The van der Waals surface area contributed by atoms with Crippen molar-refractivity contribution < 1.29 is 27.4 Å². The van der Waals surface area contributed by atoms with Crippen LogP contribution in [-0.4, -0.2) is 63.4 Å². The van der Waals surface area contributed by atoms with Crippen LogP contribution in [0.25, 0.3) is 21.9 Å². The van der Waals surface area contributed by atoms with Crippen molar-refractivity contribution in [2.75, 3.05) is 39.2 Å². The molecule has 0 bridgehead atoms. The summed E-state index contributed by atoms with van der Waals surface area (Å²) in [5.41, 5.74) is 2.31. The van der Waals surface area contributed by atoms with Crippen LogP contribution < -0.4 is 4.74 Å². The van der Waals surface area contributed by atoms with Gasteiger partial charge in [0.2, 0.25) is 0 Å². The minimum atomic E-state index is -3.35. The van der Waals surface area contributed by atoms with Gasteiger partial charge in [-0.2, -0.15) is 0 Å². The SMILES string of the molecule is CS(=O)(=O)c1ccc(-c2ccc3cc(O)ccc3c2C(=O)c2ccc(OCCN3CC[C@@H](CF)C3)cc2)cc1. The monoisotopic (exact) mass is 547 g/mol. The average molecular weight is 548 g/mol. The molecular weight excluding hydrogens is 517 g/mol. The number of sulfone groups is 1. The maximum absolute atomic E-state index is 13.9. The quantitative estimate of drug-likeness (QED) is 0.278. The molecule has 1 aliphatic rings. The van der Waals surface area contributed by atoms with E-state index in [9.17, 15) is 22.7 Å². The van der Waals surface area contributed by atoms with Crippen molar-refractivity contribution in [1.29, 1.82) is 0 Å². The van der Waals surface area contributed by atoms with E-state index in [-0.39, 0.29) is 29.0 Å². The van der Waals surface area contributed by atoms with Crippen LogP contribution >= 0.6 is 0 Å². The summed E-state index contributed by atoms with van der Waals surface area (Å²) in [6.07, 6.45) is 2.03. The molecule has 4 aromatic carbocycles. The fraction of sp³-hybridized carbons (Fsp3) is 0.258. The average Bonchev–Trinajstić information content (AvgIpc) is 3.40. The lowest BCUT2D eigenvalue weighted by Crippen LogP contribution is -2.26. The maximum Gasteiger partial charge on any atom is 0.194 e. The number of hydrogen-bond acceptors (Lipinski definition) is 6. The summed E-state index contributed by atoms with van der Waals surface area (Å²) in [5.74, 6) is 0.666. The first-order chi connectivity index (χ1) is 18.7. The van der Waals surface area contributed by atoms with Crippen LogP contribution in [0.3, 0.4) is 0 Å². The predicted molar refractivity (Wildman–Crippen MR) is 150 cm³/mol. The number of fused-ring (bicyclic) bond motifs is 1. The first-order valence-electron chi connectivity index (χ1n) is 12.8. The van der Waals surface area contributed by atoms with Gasteiger partial charge in [0.05, 0.1) is 11.6 Å². The second-order valence-corrected chi connectivity index (χ2v) is 12.0. The Bertz CT molecular complexity index is 1600. The number of ether oxygens (including phenoxy) is 1. The summed E-state index contributed by atoms with van der Waals surface area (Å²) in [6, 6.07) is 21.9. The number of phenolic OH excluding ortho intramolecular Hbond substituents is 1. The number of halogens is 1. The molecule has 6 nitrogen and oxygen atoms in total. The third-order valence-corrected chi connectivity index (χ3v) is 8.33.